The first-order valence-corrected chi connectivity index (χ1v) is 10.9. The van der Waals surface area contributed by atoms with Crippen LogP contribution in [0, 0.1) is 6.92 Å². The van der Waals surface area contributed by atoms with Gasteiger partial charge < -0.3 is 9.47 Å². The number of hydrogen-bond acceptors (Lipinski definition) is 4. The number of rotatable bonds is 5. The van der Waals surface area contributed by atoms with Crippen molar-refractivity contribution in [3.63, 3.8) is 0 Å². The Balaban J connectivity index is 1.68. The first kappa shape index (κ1) is 19.3. The van der Waals surface area contributed by atoms with Gasteiger partial charge >= 0.3 is 0 Å². The summed E-state index contributed by atoms with van der Waals surface area (Å²) < 4.78 is 39.8. The monoisotopic (exact) mass is 409 g/mol. The Labute approximate surface area is 171 Å². The number of aryl methyl sites for hydroxylation is 1. The molecule has 4 rings (SSSR count). The minimum atomic E-state index is -3.72. The highest BCUT2D eigenvalue weighted by Crippen LogP contribution is 2.49. The molecule has 0 radical (unpaired) electrons. The summed E-state index contributed by atoms with van der Waals surface area (Å²) in [6.07, 6.45) is -0.128. The van der Waals surface area contributed by atoms with Crippen molar-refractivity contribution in [1.82, 2.24) is 0 Å². The molecule has 150 valence electrons. The van der Waals surface area contributed by atoms with Crippen molar-refractivity contribution in [2.24, 2.45) is 0 Å². The van der Waals surface area contributed by atoms with Crippen molar-refractivity contribution in [3.8, 4) is 11.5 Å². The fourth-order valence-corrected chi connectivity index (χ4v) is 4.68. The quantitative estimate of drug-likeness (QED) is 0.641. The molecule has 1 heterocycles. The minimum absolute atomic E-state index is 0.0681. The highest BCUT2D eigenvalue weighted by atomic mass is 32.2. The molecule has 29 heavy (non-hydrogen) atoms. The van der Waals surface area contributed by atoms with Gasteiger partial charge in [0.05, 0.1) is 17.7 Å². The van der Waals surface area contributed by atoms with Crippen LogP contribution < -0.4 is 14.2 Å². The Morgan fingerprint density at radius 1 is 1.00 bits per heavy atom. The summed E-state index contributed by atoms with van der Waals surface area (Å²) >= 11 is 0. The van der Waals surface area contributed by atoms with Crippen molar-refractivity contribution in [2.45, 2.75) is 30.8 Å². The van der Waals surface area contributed by atoms with E-state index in [-0.39, 0.29) is 16.9 Å². The molecule has 0 aliphatic carbocycles. The van der Waals surface area contributed by atoms with Gasteiger partial charge in [0.1, 0.15) is 17.6 Å². The molecule has 6 heteroatoms. The lowest BCUT2D eigenvalue weighted by molar-refractivity contribution is 0.215. The van der Waals surface area contributed by atoms with Crippen LogP contribution in [0.3, 0.4) is 0 Å². The first-order chi connectivity index (χ1) is 13.9. The summed E-state index contributed by atoms with van der Waals surface area (Å²) in [5.41, 5.74) is 3.62. The number of sulfonamides is 1. The van der Waals surface area contributed by atoms with Gasteiger partial charge in [-0.1, -0.05) is 55.0 Å². The van der Waals surface area contributed by atoms with Crippen LogP contribution in [0.5, 0.6) is 11.5 Å². The Bertz CT molecular complexity index is 1130. The van der Waals surface area contributed by atoms with Crippen molar-refractivity contribution >= 4 is 15.7 Å². The number of ether oxygens (including phenoxy) is 2. The zero-order valence-electron chi connectivity index (χ0n) is 16.5. The molecule has 3 aromatic carbocycles. The predicted molar refractivity (Wildman–Crippen MR) is 113 cm³/mol. The van der Waals surface area contributed by atoms with E-state index in [0.29, 0.717) is 17.2 Å². The van der Waals surface area contributed by atoms with Gasteiger partial charge in [0, 0.05) is 17.5 Å². The van der Waals surface area contributed by atoms with Gasteiger partial charge in [0.2, 0.25) is 0 Å². The number of methoxy groups -OCH3 is 1. The lowest BCUT2D eigenvalue weighted by Gasteiger charge is -2.16. The predicted octanol–water partition coefficient (Wildman–Crippen LogP) is 5.04. The summed E-state index contributed by atoms with van der Waals surface area (Å²) in [4.78, 5) is 0.199. The molecule has 0 aromatic heterocycles. The van der Waals surface area contributed by atoms with E-state index in [1.54, 1.807) is 36.4 Å². The zero-order chi connectivity index (χ0) is 20.6. The number of anilines is 1. The van der Waals surface area contributed by atoms with Crippen LogP contribution in [0.25, 0.3) is 0 Å². The van der Waals surface area contributed by atoms with Crippen molar-refractivity contribution in [1.29, 1.82) is 0 Å². The number of nitrogens with one attached hydrogen (secondary N) is 1. The van der Waals surface area contributed by atoms with E-state index in [1.807, 2.05) is 13.0 Å². The summed E-state index contributed by atoms with van der Waals surface area (Å²) in [7, 11) is -2.21. The van der Waals surface area contributed by atoms with Crippen LogP contribution in [-0.2, 0) is 10.0 Å². The summed E-state index contributed by atoms with van der Waals surface area (Å²) in [6.45, 7) is 4.13. The highest BCUT2D eigenvalue weighted by Gasteiger charge is 2.34. The van der Waals surface area contributed by atoms with Gasteiger partial charge in [0.15, 0.2) is 0 Å². The molecule has 0 saturated heterocycles. The molecule has 2 atom stereocenters. The fraction of sp³-hybridized carbons (Fsp3) is 0.217. The van der Waals surface area contributed by atoms with Gasteiger partial charge in [-0.25, -0.2) is 8.42 Å². The van der Waals surface area contributed by atoms with E-state index >= 15 is 0 Å². The second-order valence-electron chi connectivity index (χ2n) is 7.25. The molecule has 5 nitrogen and oxygen atoms in total. The van der Waals surface area contributed by atoms with Crippen molar-refractivity contribution in [2.75, 3.05) is 11.8 Å². The smallest absolute Gasteiger partial charge is 0.262 e. The first-order valence-electron chi connectivity index (χ1n) is 9.42. The van der Waals surface area contributed by atoms with E-state index < -0.39 is 10.0 Å². The van der Waals surface area contributed by atoms with Crippen LogP contribution in [-0.4, -0.2) is 15.5 Å². The Hall–Kier alpha value is -2.99. The highest BCUT2D eigenvalue weighted by molar-refractivity contribution is 7.92. The van der Waals surface area contributed by atoms with Crippen LogP contribution in [0.2, 0.25) is 0 Å². The van der Waals surface area contributed by atoms with E-state index in [4.69, 9.17) is 9.47 Å². The SMILES string of the molecule is COc1cc2c(cc1NS(=O)(=O)c1ccccc1)[C@@H](C)[C@H](c1ccc(C)cc1)O2. The Kier molecular flexibility index (Phi) is 4.96. The van der Waals surface area contributed by atoms with Crippen molar-refractivity contribution < 1.29 is 17.9 Å². The standard InChI is InChI=1S/C23H23NO4S/c1-15-9-11-17(12-10-15)23-16(2)19-13-20(22(27-3)14-21(19)28-23)24-29(25,26)18-7-5-4-6-8-18/h4-14,16,23-24H,1-3H3/t16-,23-/m1/s1. The molecule has 1 aliphatic rings. The van der Waals surface area contributed by atoms with Crippen LogP contribution in [0.1, 0.15) is 35.6 Å². The minimum Gasteiger partial charge on any atom is -0.494 e. The molecule has 3 aromatic rings. The molecule has 0 unspecified atom stereocenters. The van der Waals surface area contributed by atoms with E-state index in [1.165, 1.54) is 12.7 Å². The molecule has 0 amide bonds. The third-order valence-electron chi connectivity index (χ3n) is 5.23. The second-order valence-corrected chi connectivity index (χ2v) is 8.93. The average molecular weight is 410 g/mol. The van der Waals surface area contributed by atoms with Crippen LogP contribution in [0.4, 0.5) is 5.69 Å². The number of fused-ring (bicyclic) bond motifs is 1. The molecule has 0 spiro atoms. The van der Waals surface area contributed by atoms with Gasteiger partial charge in [0.25, 0.3) is 10.0 Å². The third kappa shape index (κ3) is 3.68. The van der Waals surface area contributed by atoms with Crippen molar-refractivity contribution in [3.05, 3.63) is 83.4 Å². The maximum absolute atomic E-state index is 12.8. The van der Waals surface area contributed by atoms with Gasteiger partial charge in [-0.3, -0.25) is 4.72 Å². The maximum atomic E-state index is 12.8. The molecule has 0 bridgehead atoms. The molecular weight excluding hydrogens is 386 g/mol. The molecule has 0 fully saturated rings. The summed E-state index contributed by atoms with van der Waals surface area (Å²) in [5, 5.41) is 0. The fourth-order valence-electron chi connectivity index (χ4n) is 3.60. The largest absolute Gasteiger partial charge is 0.494 e. The van der Waals surface area contributed by atoms with E-state index in [2.05, 4.69) is 35.9 Å². The summed E-state index contributed by atoms with van der Waals surface area (Å²) in [6, 6.07) is 20.1. The zero-order valence-corrected chi connectivity index (χ0v) is 17.4. The Morgan fingerprint density at radius 3 is 2.34 bits per heavy atom. The number of hydrogen-bond donors (Lipinski definition) is 1. The van der Waals surface area contributed by atoms with Gasteiger partial charge in [-0.15, -0.1) is 0 Å². The molecule has 1 aliphatic heterocycles. The number of benzene rings is 3. The molecule has 1 N–H and O–H groups in total. The lowest BCUT2D eigenvalue weighted by atomic mass is 9.92. The van der Waals surface area contributed by atoms with Crippen LogP contribution >= 0.6 is 0 Å². The lowest BCUT2D eigenvalue weighted by Crippen LogP contribution is -2.13. The molecular formula is C23H23NO4S. The second kappa shape index (κ2) is 7.44. The third-order valence-corrected chi connectivity index (χ3v) is 6.62. The maximum Gasteiger partial charge on any atom is 0.262 e. The Morgan fingerprint density at radius 2 is 1.69 bits per heavy atom. The van der Waals surface area contributed by atoms with Gasteiger partial charge in [-0.2, -0.15) is 0 Å². The molecule has 0 saturated carbocycles. The van der Waals surface area contributed by atoms with E-state index in [0.717, 1.165) is 11.1 Å². The topological polar surface area (TPSA) is 64.6 Å². The van der Waals surface area contributed by atoms with E-state index in [9.17, 15) is 8.42 Å². The summed E-state index contributed by atoms with van der Waals surface area (Å²) in [5.74, 6) is 1.20. The van der Waals surface area contributed by atoms with Crippen LogP contribution in [0.15, 0.2) is 71.6 Å². The average Bonchev–Trinajstić information content (AvgIpc) is 3.04. The normalized spacial score (nSPS) is 18.0. The van der Waals surface area contributed by atoms with Gasteiger partial charge in [-0.05, 0) is 30.7 Å².